The van der Waals surface area contributed by atoms with E-state index in [1.54, 1.807) is 18.5 Å². The van der Waals surface area contributed by atoms with E-state index in [2.05, 4.69) is 15.3 Å². The van der Waals surface area contributed by atoms with Gasteiger partial charge in [0.2, 0.25) is 0 Å². The fraction of sp³-hybridized carbons (Fsp3) is 0.333. The maximum absolute atomic E-state index is 14.0. The lowest BCUT2D eigenvalue weighted by atomic mass is 10.0. The minimum absolute atomic E-state index is 0.235. The van der Waals surface area contributed by atoms with Crippen molar-refractivity contribution in [3.63, 3.8) is 0 Å². The van der Waals surface area contributed by atoms with Gasteiger partial charge in [0, 0.05) is 18.0 Å². The summed E-state index contributed by atoms with van der Waals surface area (Å²) in [5.74, 6) is 0.359. The van der Waals surface area contributed by atoms with E-state index in [0.717, 1.165) is 17.7 Å². The van der Waals surface area contributed by atoms with Gasteiger partial charge in [-0.1, -0.05) is 24.6 Å². The molecular weight excluding hydrogens is 241 g/mol. The molecule has 0 amide bonds. The fourth-order valence-electron chi connectivity index (χ4n) is 1.98. The lowest BCUT2D eigenvalue weighted by molar-refractivity contribution is 0.542. The van der Waals surface area contributed by atoms with Gasteiger partial charge >= 0.3 is 0 Å². The van der Waals surface area contributed by atoms with Crippen molar-refractivity contribution < 1.29 is 4.39 Å². The number of halogens is 1. The second kappa shape index (κ2) is 5.89. The Bertz CT molecular complexity index is 552. The van der Waals surface area contributed by atoms with Crippen molar-refractivity contribution >= 4 is 0 Å². The first kappa shape index (κ1) is 13.6. The number of nitrogens with one attached hydrogen (secondary N) is 1. The molecule has 2 aromatic rings. The average Bonchev–Trinajstić information content (AvgIpc) is 2.40. The average molecular weight is 259 g/mol. The van der Waals surface area contributed by atoms with Gasteiger partial charge in [-0.3, -0.25) is 0 Å². The molecule has 3 nitrogen and oxygen atoms in total. The van der Waals surface area contributed by atoms with Crippen LogP contribution in [0.25, 0.3) is 0 Å². The lowest BCUT2D eigenvalue weighted by Crippen LogP contribution is -2.25. The van der Waals surface area contributed by atoms with E-state index in [1.165, 1.54) is 6.07 Å². The van der Waals surface area contributed by atoms with Gasteiger partial charge in [0.15, 0.2) is 0 Å². The van der Waals surface area contributed by atoms with Crippen LogP contribution in [-0.2, 0) is 0 Å². The van der Waals surface area contributed by atoms with Gasteiger partial charge in [-0.15, -0.1) is 0 Å². The van der Waals surface area contributed by atoms with Crippen LogP contribution < -0.4 is 5.32 Å². The molecule has 4 heteroatoms. The number of hydrogen-bond donors (Lipinski definition) is 1. The third kappa shape index (κ3) is 3.15. The van der Waals surface area contributed by atoms with E-state index in [-0.39, 0.29) is 11.9 Å². The number of aryl methyl sites for hydroxylation is 2. The molecule has 0 aliphatic carbocycles. The minimum Gasteiger partial charge on any atom is -0.304 e. The molecule has 100 valence electrons. The van der Waals surface area contributed by atoms with Crippen molar-refractivity contribution in [3.05, 3.63) is 58.9 Å². The third-order valence-electron chi connectivity index (χ3n) is 2.93. The summed E-state index contributed by atoms with van der Waals surface area (Å²) < 4.78 is 14.0. The van der Waals surface area contributed by atoms with Gasteiger partial charge < -0.3 is 5.32 Å². The van der Waals surface area contributed by atoms with Crippen LogP contribution in [0.15, 0.2) is 30.6 Å². The molecule has 0 saturated carbocycles. The quantitative estimate of drug-likeness (QED) is 0.917. The number of nitrogens with zero attached hydrogens (tertiary/aromatic N) is 2. The molecule has 0 aliphatic rings. The van der Waals surface area contributed by atoms with Crippen LogP contribution in [0.3, 0.4) is 0 Å². The molecule has 1 aromatic heterocycles. The summed E-state index contributed by atoms with van der Waals surface area (Å²) in [5.41, 5.74) is 2.60. The Kier molecular flexibility index (Phi) is 4.22. The van der Waals surface area contributed by atoms with E-state index >= 15 is 0 Å². The van der Waals surface area contributed by atoms with Crippen molar-refractivity contribution in [2.75, 3.05) is 6.54 Å². The molecule has 2 rings (SSSR count). The van der Waals surface area contributed by atoms with E-state index in [1.807, 2.05) is 26.8 Å². The smallest absolute Gasteiger partial charge is 0.149 e. The maximum Gasteiger partial charge on any atom is 0.149 e. The molecule has 0 bridgehead atoms. The van der Waals surface area contributed by atoms with Crippen molar-refractivity contribution in [1.29, 1.82) is 0 Å². The fourth-order valence-corrected chi connectivity index (χ4v) is 1.98. The summed E-state index contributed by atoms with van der Waals surface area (Å²) in [6.45, 7) is 6.57. The molecule has 1 aromatic carbocycles. The van der Waals surface area contributed by atoms with Crippen LogP contribution in [-0.4, -0.2) is 16.5 Å². The highest BCUT2D eigenvalue weighted by atomic mass is 19.1. The molecule has 0 saturated heterocycles. The van der Waals surface area contributed by atoms with Crippen molar-refractivity contribution in [2.45, 2.75) is 26.8 Å². The Labute approximate surface area is 112 Å². The Morgan fingerprint density at radius 2 is 1.84 bits per heavy atom. The third-order valence-corrected chi connectivity index (χ3v) is 2.93. The standard InChI is InChI=1S/C15H18FN3/c1-4-17-14(15-18-8-11(3)9-19-15)12-7-10(2)5-6-13(12)16/h5-9,14,17H,4H2,1-3H3. The summed E-state index contributed by atoms with van der Waals surface area (Å²) in [4.78, 5) is 8.61. The molecule has 0 aliphatic heterocycles. The summed E-state index contributed by atoms with van der Waals surface area (Å²) in [7, 11) is 0. The first-order valence-electron chi connectivity index (χ1n) is 6.39. The van der Waals surface area contributed by atoms with Crippen molar-refractivity contribution in [2.24, 2.45) is 0 Å². The van der Waals surface area contributed by atoms with Gasteiger partial charge in [-0.25, -0.2) is 14.4 Å². The zero-order valence-corrected chi connectivity index (χ0v) is 11.4. The number of rotatable bonds is 4. The zero-order valence-electron chi connectivity index (χ0n) is 11.4. The molecule has 0 fully saturated rings. The summed E-state index contributed by atoms with van der Waals surface area (Å²) in [6, 6.07) is 4.78. The predicted octanol–water partition coefficient (Wildman–Crippen LogP) is 2.93. The van der Waals surface area contributed by atoms with Crippen molar-refractivity contribution in [3.8, 4) is 0 Å². The highest BCUT2D eigenvalue weighted by Crippen LogP contribution is 2.23. The molecule has 1 heterocycles. The molecule has 0 radical (unpaired) electrons. The molecule has 19 heavy (non-hydrogen) atoms. The van der Waals surface area contributed by atoms with Crippen LogP contribution in [0.2, 0.25) is 0 Å². The maximum atomic E-state index is 14.0. The Morgan fingerprint density at radius 1 is 1.16 bits per heavy atom. The Hall–Kier alpha value is -1.81. The number of hydrogen-bond acceptors (Lipinski definition) is 3. The van der Waals surface area contributed by atoms with E-state index in [4.69, 9.17) is 0 Å². The highest BCUT2D eigenvalue weighted by molar-refractivity contribution is 5.30. The first-order valence-corrected chi connectivity index (χ1v) is 6.39. The SMILES string of the molecule is CCNC(c1ncc(C)cn1)c1cc(C)ccc1F. The number of benzene rings is 1. The second-order valence-corrected chi connectivity index (χ2v) is 4.63. The number of aromatic nitrogens is 2. The zero-order chi connectivity index (χ0) is 13.8. The Balaban J connectivity index is 2.44. The van der Waals surface area contributed by atoms with Gasteiger partial charge in [0.25, 0.3) is 0 Å². The summed E-state index contributed by atoms with van der Waals surface area (Å²) in [5, 5.41) is 3.24. The lowest BCUT2D eigenvalue weighted by Gasteiger charge is -2.18. The summed E-state index contributed by atoms with van der Waals surface area (Å²) in [6.07, 6.45) is 3.50. The normalized spacial score (nSPS) is 12.4. The largest absolute Gasteiger partial charge is 0.304 e. The van der Waals surface area contributed by atoms with E-state index < -0.39 is 0 Å². The van der Waals surface area contributed by atoms with Crippen LogP contribution in [0.4, 0.5) is 4.39 Å². The molecule has 1 N–H and O–H groups in total. The monoisotopic (exact) mass is 259 g/mol. The topological polar surface area (TPSA) is 37.8 Å². The van der Waals surface area contributed by atoms with Gasteiger partial charge in [-0.2, -0.15) is 0 Å². The molecule has 0 spiro atoms. The highest BCUT2D eigenvalue weighted by Gasteiger charge is 2.19. The second-order valence-electron chi connectivity index (χ2n) is 4.63. The molecule has 1 atom stereocenters. The minimum atomic E-state index is -0.314. The van der Waals surface area contributed by atoms with Crippen molar-refractivity contribution in [1.82, 2.24) is 15.3 Å². The Morgan fingerprint density at radius 3 is 2.47 bits per heavy atom. The molecular formula is C15H18FN3. The van der Waals surface area contributed by atoms with Crippen LogP contribution >= 0.6 is 0 Å². The molecule has 1 unspecified atom stereocenters. The van der Waals surface area contributed by atoms with Crippen LogP contribution in [0, 0.1) is 19.7 Å². The first-order chi connectivity index (χ1) is 9.11. The van der Waals surface area contributed by atoms with Gasteiger partial charge in [0.05, 0.1) is 6.04 Å². The van der Waals surface area contributed by atoms with E-state index in [9.17, 15) is 4.39 Å². The van der Waals surface area contributed by atoms with E-state index in [0.29, 0.717) is 11.4 Å². The van der Waals surface area contributed by atoms with Crippen LogP contribution in [0.5, 0.6) is 0 Å². The van der Waals surface area contributed by atoms with Gasteiger partial charge in [-0.05, 0) is 32.0 Å². The van der Waals surface area contributed by atoms with Gasteiger partial charge in [0.1, 0.15) is 11.6 Å². The predicted molar refractivity (Wildman–Crippen MR) is 73.4 cm³/mol. The summed E-state index contributed by atoms with van der Waals surface area (Å²) >= 11 is 0. The van der Waals surface area contributed by atoms with Crippen LogP contribution in [0.1, 0.15) is 35.5 Å².